The van der Waals surface area contributed by atoms with Gasteiger partial charge in [0.2, 0.25) is 5.95 Å². The number of hydrogen-bond acceptors (Lipinski definition) is 7. The number of hydrogen-bond donors (Lipinski definition) is 1. The van der Waals surface area contributed by atoms with E-state index in [2.05, 4.69) is 25.8 Å². The molecule has 0 aliphatic carbocycles. The number of allylic oxidation sites excluding steroid dienone is 1. The first-order valence-electron chi connectivity index (χ1n) is 5.97. The van der Waals surface area contributed by atoms with Gasteiger partial charge in [0.15, 0.2) is 0 Å². The summed E-state index contributed by atoms with van der Waals surface area (Å²) < 4.78 is 6.37. The van der Waals surface area contributed by atoms with E-state index in [1.54, 1.807) is 19.2 Å². The van der Waals surface area contributed by atoms with E-state index in [1.807, 2.05) is 12.1 Å². The van der Waals surface area contributed by atoms with Gasteiger partial charge < -0.3 is 10.1 Å². The predicted molar refractivity (Wildman–Crippen MR) is 68.5 cm³/mol. The van der Waals surface area contributed by atoms with Crippen LogP contribution in [0.15, 0.2) is 35.7 Å². The van der Waals surface area contributed by atoms with Crippen molar-refractivity contribution in [2.45, 2.75) is 13.0 Å². The quantitative estimate of drug-likeness (QED) is 0.797. The van der Waals surface area contributed by atoms with E-state index in [1.165, 1.54) is 11.8 Å². The molecule has 8 nitrogen and oxygen atoms in total. The second-order valence-electron chi connectivity index (χ2n) is 4.26. The highest BCUT2D eigenvalue weighted by Gasteiger charge is 2.35. The number of esters is 1. The first kappa shape index (κ1) is 12.3. The van der Waals surface area contributed by atoms with Gasteiger partial charge in [-0.3, -0.25) is 4.98 Å². The number of tetrazole rings is 1. The Labute approximate surface area is 114 Å². The van der Waals surface area contributed by atoms with Crippen molar-refractivity contribution in [3.8, 4) is 0 Å². The number of carbonyl (C=O) groups is 1. The van der Waals surface area contributed by atoms with Crippen LogP contribution in [-0.4, -0.2) is 38.3 Å². The smallest absolute Gasteiger partial charge is 0.338 e. The third kappa shape index (κ3) is 1.81. The van der Waals surface area contributed by atoms with Crippen LogP contribution in [0.3, 0.4) is 0 Å². The second-order valence-corrected chi connectivity index (χ2v) is 4.26. The maximum absolute atomic E-state index is 12.1. The summed E-state index contributed by atoms with van der Waals surface area (Å²) >= 11 is 0. The maximum atomic E-state index is 12.1. The minimum atomic E-state index is -0.505. The van der Waals surface area contributed by atoms with Crippen LogP contribution in [0, 0.1) is 0 Å². The Hall–Kier alpha value is -2.77. The number of nitrogens with one attached hydrogen (secondary N) is 1. The zero-order chi connectivity index (χ0) is 14.1. The van der Waals surface area contributed by atoms with Gasteiger partial charge in [0, 0.05) is 11.9 Å². The van der Waals surface area contributed by atoms with Crippen molar-refractivity contribution in [3.63, 3.8) is 0 Å². The van der Waals surface area contributed by atoms with Gasteiger partial charge in [-0.1, -0.05) is 11.2 Å². The number of fused-ring (bicyclic) bond motifs is 1. The fraction of sp³-hybridized carbons (Fsp3) is 0.250. The number of anilines is 1. The monoisotopic (exact) mass is 272 g/mol. The average Bonchev–Trinajstić information content (AvgIpc) is 2.93. The Morgan fingerprint density at radius 2 is 2.30 bits per heavy atom. The average molecular weight is 272 g/mol. The van der Waals surface area contributed by atoms with Gasteiger partial charge in [0.05, 0.1) is 18.4 Å². The highest BCUT2D eigenvalue weighted by Crippen LogP contribution is 2.33. The molecule has 20 heavy (non-hydrogen) atoms. The molecule has 0 saturated heterocycles. The van der Waals surface area contributed by atoms with Gasteiger partial charge in [-0.15, -0.1) is 0 Å². The molecule has 1 atom stereocenters. The molecule has 1 aliphatic heterocycles. The number of pyridine rings is 1. The van der Waals surface area contributed by atoms with Crippen LogP contribution in [0.25, 0.3) is 0 Å². The van der Waals surface area contributed by atoms with Crippen LogP contribution in [0.5, 0.6) is 0 Å². The van der Waals surface area contributed by atoms with E-state index in [9.17, 15) is 4.79 Å². The lowest BCUT2D eigenvalue weighted by Crippen LogP contribution is -2.29. The Kier molecular flexibility index (Phi) is 2.90. The van der Waals surface area contributed by atoms with Gasteiger partial charge in [-0.25, -0.2) is 4.79 Å². The Morgan fingerprint density at radius 3 is 3.00 bits per heavy atom. The van der Waals surface area contributed by atoms with Crippen molar-refractivity contribution in [1.29, 1.82) is 0 Å². The van der Waals surface area contributed by atoms with Crippen molar-refractivity contribution < 1.29 is 9.53 Å². The van der Waals surface area contributed by atoms with Crippen LogP contribution in [0.4, 0.5) is 5.95 Å². The van der Waals surface area contributed by atoms with Crippen LogP contribution < -0.4 is 5.32 Å². The number of carbonyl (C=O) groups excluding carboxylic acids is 1. The van der Waals surface area contributed by atoms with Gasteiger partial charge in [-0.05, 0) is 29.5 Å². The summed E-state index contributed by atoms with van der Waals surface area (Å²) in [4.78, 5) is 16.4. The molecule has 0 radical (unpaired) electrons. The summed E-state index contributed by atoms with van der Waals surface area (Å²) in [6.45, 7) is 1.78. The molecule has 3 rings (SSSR count). The summed E-state index contributed by atoms with van der Waals surface area (Å²) in [6, 6.07) is 4.96. The van der Waals surface area contributed by atoms with Crippen molar-refractivity contribution in [2.24, 2.45) is 0 Å². The summed E-state index contributed by atoms with van der Waals surface area (Å²) in [5, 5.41) is 14.4. The molecule has 3 heterocycles. The van der Waals surface area contributed by atoms with Crippen LogP contribution in [0.1, 0.15) is 18.7 Å². The molecule has 0 amide bonds. The summed E-state index contributed by atoms with van der Waals surface area (Å²) in [5.41, 5.74) is 1.75. The molecule has 0 saturated carbocycles. The number of aromatic nitrogens is 5. The van der Waals surface area contributed by atoms with Gasteiger partial charge in [-0.2, -0.15) is 4.68 Å². The Morgan fingerprint density at radius 1 is 1.45 bits per heavy atom. The van der Waals surface area contributed by atoms with Gasteiger partial charge in [0.25, 0.3) is 0 Å². The van der Waals surface area contributed by atoms with Crippen molar-refractivity contribution in [3.05, 3.63) is 41.4 Å². The Balaban J connectivity index is 2.19. The van der Waals surface area contributed by atoms with Crippen molar-refractivity contribution >= 4 is 11.9 Å². The molecular formula is C12H12N6O2. The lowest BCUT2D eigenvalue weighted by atomic mass is 10.00. The minimum absolute atomic E-state index is 0.436. The molecule has 2 aromatic heterocycles. The number of methoxy groups -OCH3 is 1. The van der Waals surface area contributed by atoms with Crippen molar-refractivity contribution in [1.82, 2.24) is 25.2 Å². The lowest BCUT2D eigenvalue weighted by molar-refractivity contribution is -0.136. The normalized spacial score (nSPS) is 17.4. The SMILES string of the molecule is COC(=O)C1=C(C)Nc2nnnn2[C@H]1c1ccccn1. The van der Waals surface area contributed by atoms with E-state index in [0.29, 0.717) is 22.9 Å². The Bertz CT molecular complexity index is 678. The molecular weight excluding hydrogens is 260 g/mol. The minimum Gasteiger partial charge on any atom is -0.466 e. The highest BCUT2D eigenvalue weighted by molar-refractivity contribution is 5.92. The third-order valence-corrected chi connectivity index (χ3v) is 3.09. The first-order valence-corrected chi connectivity index (χ1v) is 5.97. The fourth-order valence-corrected chi connectivity index (χ4v) is 2.20. The standard InChI is InChI=1S/C12H12N6O2/c1-7-9(11(19)20-2)10(8-5-3-4-6-13-8)18-12(14-7)15-16-17-18/h3-6,10H,1-2H3,(H,14,15,17)/t10-/m0/s1. The van der Waals surface area contributed by atoms with Crippen LogP contribution >= 0.6 is 0 Å². The number of nitrogens with zero attached hydrogens (tertiary/aromatic N) is 5. The third-order valence-electron chi connectivity index (χ3n) is 3.09. The van der Waals surface area contributed by atoms with E-state index in [4.69, 9.17) is 4.74 Å². The molecule has 1 N–H and O–H groups in total. The highest BCUT2D eigenvalue weighted by atomic mass is 16.5. The fourth-order valence-electron chi connectivity index (χ4n) is 2.20. The molecule has 2 aromatic rings. The van der Waals surface area contributed by atoms with E-state index in [0.717, 1.165) is 0 Å². The molecule has 102 valence electrons. The topological polar surface area (TPSA) is 94.8 Å². The maximum Gasteiger partial charge on any atom is 0.338 e. The number of ether oxygens (including phenoxy) is 1. The molecule has 0 spiro atoms. The van der Waals surface area contributed by atoms with E-state index < -0.39 is 12.0 Å². The number of rotatable bonds is 2. The van der Waals surface area contributed by atoms with Crippen molar-refractivity contribution in [2.75, 3.05) is 12.4 Å². The summed E-state index contributed by atoms with van der Waals surface area (Å²) in [7, 11) is 1.34. The summed E-state index contributed by atoms with van der Waals surface area (Å²) in [5.74, 6) is 0.0256. The van der Waals surface area contributed by atoms with E-state index >= 15 is 0 Å². The zero-order valence-corrected chi connectivity index (χ0v) is 10.9. The van der Waals surface area contributed by atoms with Crippen LogP contribution in [-0.2, 0) is 9.53 Å². The first-order chi connectivity index (χ1) is 9.72. The molecule has 0 fully saturated rings. The molecule has 1 aliphatic rings. The molecule has 0 unspecified atom stereocenters. The van der Waals surface area contributed by atoms with Crippen LogP contribution in [0.2, 0.25) is 0 Å². The van der Waals surface area contributed by atoms with Gasteiger partial charge >= 0.3 is 5.97 Å². The predicted octanol–water partition coefficient (Wildman–Crippen LogP) is 0.530. The van der Waals surface area contributed by atoms with Gasteiger partial charge in [0.1, 0.15) is 6.04 Å². The summed E-state index contributed by atoms with van der Waals surface area (Å²) in [6.07, 6.45) is 1.66. The zero-order valence-electron chi connectivity index (χ0n) is 10.9. The second kappa shape index (κ2) is 4.72. The lowest BCUT2D eigenvalue weighted by Gasteiger charge is -2.26. The molecule has 8 heteroatoms. The molecule has 0 aromatic carbocycles. The van der Waals surface area contributed by atoms with E-state index in [-0.39, 0.29) is 0 Å². The largest absolute Gasteiger partial charge is 0.466 e. The molecule has 0 bridgehead atoms.